The van der Waals surface area contributed by atoms with Gasteiger partial charge in [0.1, 0.15) is 0 Å². The normalized spacial score (nSPS) is 11.4. The predicted molar refractivity (Wildman–Crippen MR) is 100 cm³/mol. The van der Waals surface area contributed by atoms with E-state index in [-0.39, 0.29) is 11.4 Å². The number of aromatic nitrogens is 2. The number of nitrogens with one attached hydrogen (secondary N) is 2. The molecule has 0 spiro atoms. The van der Waals surface area contributed by atoms with Crippen LogP contribution in [0.2, 0.25) is 0 Å². The number of amides is 1. The SMILES string of the molecule is CCOCCCNc1nnc(SCC(=O)Nc2ccccc2C(F)(F)F)s1. The molecule has 2 aromatic rings. The Morgan fingerprint density at radius 2 is 2.07 bits per heavy atom. The molecule has 148 valence electrons. The lowest BCUT2D eigenvalue weighted by molar-refractivity contribution is -0.137. The van der Waals surface area contributed by atoms with Gasteiger partial charge in [0.05, 0.1) is 17.0 Å². The zero-order valence-electron chi connectivity index (χ0n) is 14.5. The van der Waals surface area contributed by atoms with Crippen LogP contribution in [0.4, 0.5) is 24.0 Å². The number of nitrogens with zero attached hydrogens (tertiary/aromatic N) is 2. The molecular formula is C16H19F3N4O2S2. The third kappa shape index (κ3) is 7.35. The molecule has 1 heterocycles. The maximum Gasteiger partial charge on any atom is 0.418 e. The van der Waals surface area contributed by atoms with Gasteiger partial charge in [-0.1, -0.05) is 35.2 Å². The summed E-state index contributed by atoms with van der Waals surface area (Å²) in [6.45, 7) is 3.95. The van der Waals surface area contributed by atoms with Crippen LogP contribution in [-0.4, -0.2) is 41.6 Å². The molecule has 1 aromatic heterocycles. The molecule has 0 saturated heterocycles. The van der Waals surface area contributed by atoms with E-state index in [0.717, 1.165) is 24.2 Å². The van der Waals surface area contributed by atoms with E-state index in [9.17, 15) is 18.0 Å². The summed E-state index contributed by atoms with van der Waals surface area (Å²) in [5, 5.41) is 13.9. The first kappa shape index (κ1) is 21.5. The van der Waals surface area contributed by atoms with Crippen molar-refractivity contribution < 1.29 is 22.7 Å². The average molecular weight is 420 g/mol. The van der Waals surface area contributed by atoms with Crippen molar-refractivity contribution in [1.82, 2.24) is 10.2 Å². The number of alkyl halides is 3. The summed E-state index contributed by atoms with van der Waals surface area (Å²) in [5.74, 6) is -0.608. The second-order valence-electron chi connectivity index (χ2n) is 5.23. The molecule has 11 heteroatoms. The van der Waals surface area contributed by atoms with Crippen molar-refractivity contribution in [2.24, 2.45) is 0 Å². The molecule has 0 aliphatic carbocycles. The van der Waals surface area contributed by atoms with Crippen molar-refractivity contribution in [3.63, 3.8) is 0 Å². The molecule has 0 aliphatic rings. The monoisotopic (exact) mass is 420 g/mol. The largest absolute Gasteiger partial charge is 0.418 e. The van der Waals surface area contributed by atoms with Crippen molar-refractivity contribution in [3.05, 3.63) is 29.8 Å². The molecule has 0 radical (unpaired) electrons. The van der Waals surface area contributed by atoms with Crippen molar-refractivity contribution >= 4 is 39.8 Å². The lowest BCUT2D eigenvalue weighted by atomic mass is 10.1. The summed E-state index contributed by atoms with van der Waals surface area (Å²) in [5.41, 5.74) is -1.14. The molecule has 0 atom stereocenters. The zero-order valence-corrected chi connectivity index (χ0v) is 16.1. The second-order valence-corrected chi connectivity index (χ2v) is 7.43. The maximum atomic E-state index is 12.9. The highest BCUT2D eigenvalue weighted by Crippen LogP contribution is 2.34. The number of carbonyl (C=O) groups is 1. The van der Waals surface area contributed by atoms with Crippen molar-refractivity contribution in [2.75, 3.05) is 36.1 Å². The van der Waals surface area contributed by atoms with E-state index in [1.807, 2.05) is 6.92 Å². The van der Waals surface area contributed by atoms with Crippen molar-refractivity contribution in [2.45, 2.75) is 23.9 Å². The summed E-state index contributed by atoms with van der Waals surface area (Å²) in [6.07, 6.45) is -3.70. The minimum Gasteiger partial charge on any atom is -0.382 e. The smallest absolute Gasteiger partial charge is 0.382 e. The molecule has 1 aromatic carbocycles. The predicted octanol–water partition coefficient (Wildman–Crippen LogP) is 4.13. The van der Waals surface area contributed by atoms with E-state index in [0.29, 0.717) is 29.2 Å². The standard InChI is InChI=1S/C16H19F3N4O2S2/c1-2-25-9-5-8-20-14-22-23-15(27-14)26-10-13(24)21-12-7-4-3-6-11(12)16(17,18)19/h3-4,6-7H,2,5,8-10H2,1H3,(H,20,22)(H,21,24). The second kappa shape index (κ2) is 10.5. The number of halogens is 3. The van der Waals surface area contributed by atoms with Crippen LogP contribution in [-0.2, 0) is 15.7 Å². The number of thioether (sulfide) groups is 1. The molecule has 2 rings (SSSR count). The van der Waals surface area contributed by atoms with E-state index < -0.39 is 17.6 Å². The fourth-order valence-electron chi connectivity index (χ4n) is 2.01. The lowest BCUT2D eigenvalue weighted by Gasteiger charge is -2.13. The van der Waals surface area contributed by atoms with E-state index in [4.69, 9.17) is 4.74 Å². The highest BCUT2D eigenvalue weighted by Gasteiger charge is 2.33. The van der Waals surface area contributed by atoms with Crippen molar-refractivity contribution in [3.8, 4) is 0 Å². The van der Waals surface area contributed by atoms with Gasteiger partial charge in [-0.3, -0.25) is 4.79 Å². The van der Waals surface area contributed by atoms with Crippen molar-refractivity contribution in [1.29, 1.82) is 0 Å². The molecule has 0 bridgehead atoms. The molecule has 27 heavy (non-hydrogen) atoms. The summed E-state index contributed by atoms with van der Waals surface area (Å²) >= 11 is 2.40. The van der Waals surface area contributed by atoms with Gasteiger partial charge in [-0.05, 0) is 25.5 Å². The Bertz CT molecular complexity index is 740. The van der Waals surface area contributed by atoms with Crippen LogP contribution in [0.1, 0.15) is 18.9 Å². The summed E-state index contributed by atoms with van der Waals surface area (Å²) in [4.78, 5) is 12.0. The minimum atomic E-state index is -4.53. The van der Waals surface area contributed by atoms with Crippen LogP contribution in [0.3, 0.4) is 0 Å². The Balaban J connectivity index is 1.80. The van der Waals surface area contributed by atoms with E-state index >= 15 is 0 Å². The summed E-state index contributed by atoms with van der Waals surface area (Å²) in [7, 11) is 0. The number of benzene rings is 1. The van der Waals surface area contributed by atoms with Crippen LogP contribution >= 0.6 is 23.1 Å². The fourth-order valence-corrected chi connectivity index (χ4v) is 3.58. The van der Waals surface area contributed by atoms with Gasteiger partial charge in [0, 0.05) is 19.8 Å². The highest BCUT2D eigenvalue weighted by atomic mass is 32.2. The van der Waals surface area contributed by atoms with Gasteiger partial charge in [-0.2, -0.15) is 13.2 Å². The number of carbonyl (C=O) groups excluding carboxylic acids is 1. The van der Waals surface area contributed by atoms with Crippen LogP contribution in [0.25, 0.3) is 0 Å². The first-order valence-electron chi connectivity index (χ1n) is 8.14. The topological polar surface area (TPSA) is 76.1 Å². The molecule has 0 saturated carbocycles. The third-order valence-electron chi connectivity index (χ3n) is 3.19. The number of anilines is 2. The first-order chi connectivity index (χ1) is 12.9. The van der Waals surface area contributed by atoms with Gasteiger partial charge in [0.15, 0.2) is 4.34 Å². The Kier molecular flexibility index (Phi) is 8.32. The van der Waals surface area contributed by atoms with Gasteiger partial charge in [-0.25, -0.2) is 0 Å². The number of hydrogen-bond acceptors (Lipinski definition) is 7. The Morgan fingerprint density at radius 1 is 1.30 bits per heavy atom. The molecule has 0 fully saturated rings. The molecule has 0 aliphatic heterocycles. The number of para-hydroxylation sites is 1. The molecule has 6 nitrogen and oxygen atoms in total. The maximum absolute atomic E-state index is 12.9. The lowest BCUT2D eigenvalue weighted by Crippen LogP contribution is -2.18. The van der Waals surface area contributed by atoms with E-state index in [1.165, 1.54) is 29.5 Å². The van der Waals surface area contributed by atoms with Crippen LogP contribution < -0.4 is 10.6 Å². The Morgan fingerprint density at radius 3 is 2.81 bits per heavy atom. The molecule has 2 N–H and O–H groups in total. The molecule has 1 amide bonds. The first-order valence-corrected chi connectivity index (χ1v) is 9.94. The summed E-state index contributed by atoms with van der Waals surface area (Å²) in [6, 6.07) is 4.86. The van der Waals surface area contributed by atoms with Gasteiger partial charge in [-0.15, -0.1) is 10.2 Å². The summed E-state index contributed by atoms with van der Waals surface area (Å²) < 4.78 is 44.6. The number of hydrogen-bond donors (Lipinski definition) is 2. The minimum absolute atomic E-state index is 0.0643. The van der Waals surface area contributed by atoms with Gasteiger partial charge in [0.25, 0.3) is 0 Å². The van der Waals surface area contributed by atoms with E-state index in [2.05, 4.69) is 20.8 Å². The fraction of sp³-hybridized carbons (Fsp3) is 0.438. The highest BCUT2D eigenvalue weighted by molar-refractivity contribution is 8.01. The Hall–Kier alpha value is -1.85. The number of rotatable bonds is 10. The third-order valence-corrected chi connectivity index (χ3v) is 5.20. The van der Waals surface area contributed by atoms with E-state index in [1.54, 1.807) is 0 Å². The zero-order chi connectivity index (χ0) is 19.7. The quantitative estimate of drug-likeness (QED) is 0.445. The van der Waals surface area contributed by atoms with Gasteiger partial charge in [0.2, 0.25) is 11.0 Å². The van der Waals surface area contributed by atoms with Gasteiger partial charge >= 0.3 is 6.18 Å². The molecular weight excluding hydrogens is 401 g/mol. The van der Waals surface area contributed by atoms with Crippen LogP contribution in [0, 0.1) is 0 Å². The molecule has 0 unspecified atom stereocenters. The van der Waals surface area contributed by atoms with Crippen LogP contribution in [0.5, 0.6) is 0 Å². The Labute approximate surface area is 162 Å². The number of ether oxygens (including phenoxy) is 1. The average Bonchev–Trinajstić information content (AvgIpc) is 3.07. The van der Waals surface area contributed by atoms with Crippen LogP contribution in [0.15, 0.2) is 28.6 Å². The van der Waals surface area contributed by atoms with Gasteiger partial charge < -0.3 is 15.4 Å².